The summed E-state index contributed by atoms with van der Waals surface area (Å²) in [6, 6.07) is 2.87. The summed E-state index contributed by atoms with van der Waals surface area (Å²) in [6.45, 7) is 3.53. The lowest BCUT2D eigenvalue weighted by Crippen LogP contribution is -2.43. The number of halogens is 3. The number of nitrogens with one attached hydrogen (secondary N) is 1. The minimum atomic E-state index is -0.264. The van der Waals surface area contributed by atoms with E-state index in [1.165, 1.54) is 12.1 Å². The maximum Gasteiger partial charge on any atom is 0.126 e. The van der Waals surface area contributed by atoms with Crippen molar-refractivity contribution in [2.24, 2.45) is 0 Å². The monoisotopic (exact) mass is 292 g/mol. The quantitative estimate of drug-likeness (QED) is 0.801. The highest BCUT2D eigenvalue weighted by Gasteiger charge is 2.16. The molecule has 0 bridgehead atoms. The van der Waals surface area contributed by atoms with E-state index in [-0.39, 0.29) is 5.82 Å². The van der Waals surface area contributed by atoms with Gasteiger partial charge in [-0.2, -0.15) is 0 Å². The van der Waals surface area contributed by atoms with Crippen LogP contribution in [0.5, 0.6) is 0 Å². The topological polar surface area (TPSA) is 15.3 Å². The van der Waals surface area contributed by atoms with E-state index in [9.17, 15) is 4.39 Å². The van der Waals surface area contributed by atoms with Crippen molar-refractivity contribution >= 4 is 33.2 Å². The van der Waals surface area contributed by atoms with E-state index in [2.05, 4.69) is 26.1 Å². The lowest BCUT2D eigenvalue weighted by Gasteiger charge is -2.30. The summed E-state index contributed by atoms with van der Waals surface area (Å²) in [5, 5.41) is 3.82. The van der Waals surface area contributed by atoms with Crippen LogP contribution >= 0.6 is 27.5 Å². The van der Waals surface area contributed by atoms with Crippen LogP contribution in [-0.2, 0) is 0 Å². The molecule has 1 saturated heterocycles. The molecule has 5 heteroatoms. The van der Waals surface area contributed by atoms with Gasteiger partial charge in [-0.1, -0.05) is 11.6 Å². The zero-order chi connectivity index (χ0) is 10.8. The van der Waals surface area contributed by atoms with Gasteiger partial charge >= 0.3 is 0 Å². The summed E-state index contributed by atoms with van der Waals surface area (Å²) in [5.74, 6) is -0.264. The summed E-state index contributed by atoms with van der Waals surface area (Å²) in [5.41, 5.74) is 0.769. The van der Waals surface area contributed by atoms with Crippen LogP contribution in [0.3, 0.4) is 0 Å². The normalized spacial score (nSPS) is 16.9. The van der Waals surface area contributed by atoms with Crippen molar-refractivity contribution in [1.82, 2.24) is 5.32 Å². The van der Waals surface area contributed by atoms with Crippen LogP contribution in [-0.4, -0.2) is 26.2 Å². The zero-order valence-corrected chi connectivity index (χ0v) is 10.4. The second kappa shape index (κ2) is 4.68. The van der Waals surface area contributed by atoms with Gasteiger partial charge in [0, 0.05) is 30.7 Å². The lowest BCUT2D eigenvalue weighted by atomic mass is 10.2. The number of hydrogen-bond acceptors (Lipinski definition) is 2. The average Bonchev–Trinajstić information content (AvgIpc) is 2.24. The Morgan fingerprint density at radius 1 is 1.33 bits per heavy atom. The summed E-state index contributed by atoms with van der Waals surface area (Å²) < 4.78 is 13.8. The van der Waals surface area contributed by atoms with Crippen LogP contribution in [0.25, 0.3) is 0 Å². The fourth-order valence-corrected chi connectivity index (χ4v) is 2.33. The molecule has 82 valence electrons. The highest BCUT2D eigenvalue weighted by atomic mass is 79.9. The van der Waals surface area contributed by atoms with E-state index < -0.39 is 0 Å². The first-order valence-corrected chi connectivity index (χ1v) is 5.96. The molecule has 0 aromatic heterocycles. The van der Waals surface area contributed by atoms with Crippen LogP contribution in [0.15, 0.2) is 16.6 Å². The summed E-state index contributed by atoms with van der Waals surface area (Å²) in [4.78, 5) is 2.09. The van der Waals surface area contributed by atoms with Crippen LogP contribution in [0.2, 0.25) is 5.02 Å². The maximum atomic E-state index is 13.2. The van der Waals surface area contributed by atoms with Crippen molar-refractivity contribution < 1.29 is 4.39 Å². The van der Waals surface area contributed by atoms with Crippen molar-refractivity contribution in [1.29, 1.82) is 0 Å². The van der Waals surface area contributed by atoms with E-state index in [0.29, 0.717) is 9.50 Å². The minimum Gasteiger partial charge on any atom is -0.368 e. The molecule has 1 aromatic rings. The average molecular weight is 294 g/mol. The third kappa shape index (κ3) is 2.44. The molecule has 1 aliphatic heterocycles. The molecule has 1 aromatic carbocycles. The molecule has 1 N–H and O–H groups in total. The second-order valence-electron chi connectivity index (χ2n) is 3.46. The summed E-state index contributed by atoms with van der Waals surface area (Å²) in [7, 11) is 0. The molecule has 0 amide bonds. The molecule has 1 aliphatic rings. The maximum absolute atomic E-state index is 13.2. The smallest absolute Gasteiger partial charge is 0.126 e. The van der Waals surface area contributed by atoms with Gasteiger partial charge in [-0.25, -0.2) is 4.39 Å². The highest BCUT2D eigenvalue weighted by Crippen LogP contribution is 2.34. The molecule has 15 heavy (non-hydrogen) atoms. The second-order valence-corrected chi connectivity index (χ2v) is 4.69. The van der Waals surface area contributed by atoms with Gasteiger partial charge in [0.15, 0.2) is 0 Å². The molecule has 0 spiro atoms. The molecule has 1 fully saturated rings. The SMILES string of the molecule is Fc1cc(Br)c(Cl)c(N2CCNCC2)c1. The van der Waals surface area contributed by atoms with Gasteiger partial charge in [0.25, 0.3) is 0 Å². The van der Waals surface area contributed by atoms with Crippen molar-refractivity contribution in [2.45, 2.75) is 0 Å². The van der Waals surface area contributed by atoms with Crippen molar-refractivity contribution in [3.8, 4) is 0 Å². The number of anilines is 1. The summed E-state index contributed by atoms with van der Waals surface area (Å²) >= 11 is 9.37. The zero-order valence-electron chi connectivity index (χ0n) is 8.06. The Balaban J connectivity index is 2.33. The number of benzene rings is 1. The Morgan fingerprint density at radius 2 is 2.00 bits per heavy atom. The van der Waals surface area contributed by atoms with Crippen molar-refractivity contribution in [2.75, 3.05) is 31.1 Å². The van der Waals surface area contributed by atoms with Crippen molar-refractivity contribution in [3.63, 3.8) is 0 Å². The Labute approximate surface area is 102 Å². The highest BCUT2D eigenvalue weighted by molar-refractivity contribution is 9.10. The summed E-state index contributed by atoms with van der Waals surface area (Å²) in [6.07, 6.45) is 0. The molecule has 0 radical (unpaired) electrons. The van der Waals surface area contributed by atoms with E-state index in [0.717, 1.165) is 31.9 Å². The molecule has 2 rings (SSSR count). The van der Waals surface area contributed by atoms with Gasteiger partial charge in [0.05, 0.1) is 10.7 Å². The molecular weight excluding hydrogens is 282 g/mol. The fraction of sp³-hybridized carbons (Fsp3) is 0.400. The molecule has 2 nitrogen and oxygen atoms in total. The van der Waals surface area contributed by atoms with Crippen LogP contribution in [0, 0.1) is 5.82 Å². The molecule has 0 unspecified atom stereocenters. The van der Waals surface area contributed by atoms with E-state index in [1.807, 2.05) is 0 Å². The number of nitrogens with zero attached hydrogens (tertiary/aromatic N) is 1. The van der Waals surface area contributed by atoms with Crippen LogP contribution in [0.4, 0.5) is 10.1 Å². The Hall–Kier alpha value is -0.320. The third-order valence-electron chi connectivity index (χ3n) is 2.43. The predicted molar refractivity (Wildman–Crippen MR) is 64.2 cm³/mol. The van der Waals surface area contributed by atoms with Gasteiger partial charge in [0.1, 0.15) is 5.82 Å². The third-order valence-corrected chi connectivity index (χ3v) is 3.68. The van der Waals surface area contributed by atoms with E-state index in [1.54, 1.807) is 0 Å². The first kappa shape index (κ1) is 11.2. The van der Waals surface area contributed by atoms with E-state index in [4.69, 9.17) is 11.6 Å². The number of piperazine rings is 1. The fourth-order valence-electron chi connectivity index (χ4n) is 1.68. The Morgan fingerprint density at radius 3 is 2.67 bits per heavy atom. The number of rotatable bonds is 1. The molecule has 0 atom stereocenters. The van der Waals surface area contributed by atoms with Gasteiger partial charge in [-0.3, -0.25) is 0 Å². The molecule has 0 aliphatic carbocycles. The lowest BCUT2D eigenvalue weighted by molar-refractivity contribution is 0.584. The van der Waals surface area contributed by atoms with Crippen LogP contribution < -0.4 is 10.2 Å². The molecule has 1 heterocycles. The van der Waals surface area contributed by atoms with E-state index >= 15 is 0 Å². The predicted octanol–water partition coefficient (Wildman–Crippen LogP) is 2.65. The van der Waals surface area contributed by atoms with Gasteiger partial charge in [-0.15, -0.1) is 0 Å². The molecular formula is C10H11BrClFN2. The first-order valence-electron chi connectivity index (χ1n) is 4.78. The Kier molecular flexibility index (Phi) is 3.49. The largest absolute Gasteiger partial charge is 0.368 e. The van der Waals surface area contributed by atoms with Gasteiger partial charge in [0.2, 0.25) is 0 Å². The van der Waals surface area contributed by atoms with Crippen molar-refractivity contribution in [3.05, 3.63) is 27.4 Å². The van der Waals surface area contributed by atoms with Crippen LogP contribution in [0.1, 0.15) is 0 Å². The van der Waals surface area contributed by atoms with Gasteiger partial charge in [-0.05, 0) is 28.1 Å². The first-order chi connectivity index (χ1) is 7.18. The standard InChI is InChI=1S/C10H11BrClFN2/c11-8-5-7(13)6-9(10(8)12)15-3-1-14-2-4-15/h5-6,14H,1-4H2. The minimum absolute atomic E-state index is 0.264. The molecule has 0 saturated carbocycles. The Bertz CT molecular complexity index is 367. The number of hydrogen-bond donors (Lipinski definition) is 1. The van der Waals surface area contributed by atoms with Gasteiger partial charge < -0.3 is 10.2 Å².